The molecule has 0 aliphatic rings. The second-order valence-corrected chi connectivity index (χ2v) is 17.9. The Morgan fingerprint density at radius 1 is 0.542 bits per heavy atom. The first-order valence-electron chi connectivity index (χ1n) is 17.7. The van der Waals surface area contributed by atoms with Crippen molar-refractivity contribution in [3.05, 3.63) is 108 Å². The maximum absolute atomic E-state index is 5.28. The number of para-hydroxylation sites is 1. The number of aromatic nitrogens is 2. The summed E-state index contributed by atoms with van der Waals surface area (Å²) < 4.78 is 2.64. The molecule has 0 fully saturated rings. The van der Waals surface area contributed by atoms with Gasteiger partial charge in [0.25, 0.3) is 0 Å². The lowest BCUT2D eigenvalue weighted by molar-refractivity contribution is 0.411. The van der Waals surface area contributed by atoms with Gasteiger partial charge < -0.3 is 4.40 Å². The maximum Gasteiger partial charge on any atom is 0.0823 e. The van der Waals surface area contributed by atoms with Crippen LogP contribution >= 0.6 is 0 Å². The molecule has 8 rings (SSSR count). The summed E-state index contributed by atoms with van der Waals surface area (Å²) in [6, 6.07) is 32.2. The van der Waals surface area contributed by atoms with Crippen molar-refractivity contribution in [3.8, 4) is 11.1 Å². The van der Waals surface area contributed by atoms with E-state index < -0.39 is 0 Å². The quantitative estimate of drug-likeness (QED) is 0.140. The molecule has 0 unspecified atom stereocenters. The summed E-state index contributed by atoms with van der Waals surface area (Å²) in [5.41, 5.74) is 12.3. The van der Waals surface area contributed by atoms with Crippen molar-refractivity contribution in [2.24, 2.45) is 16.2 Å². The molecule has 3 heterocycles. The van der Waals surface area contributed by atoms with Crippen LogP contribution in [-0.2, 0) is 19.3 Å². The van der Waals surface area contributed by atoms with Gasteiger partial charge in [-0.25, -0.2) is 0 Å². The maximum atomic E-state index is 5.28. The van der Waals surface area contributed by atoms with Crippen molar-refractivity contribution in [1.29, 1.82) is 0 Å². The first-order chi connectivity index (χ1) is 22.7. The minimum Gasteiger partial charge on any atom is -0.308 e. The van der Waals surface area contributed by atoms with Crippen LogP contribution in [0.4, 0.5) is 0 Å². The van der Waals surface area contributed by atoms with Gasteiger partial charge in [-0.2, -0.15) is 0 Å². The van der Waals surface area contributed by atoms with Crippen LogP contribution in [0, 0.1) is 16.2 Å². The van der Waals surface area contributed by atoms with E-state index in [2.05, 4.69) is 158 Å². The number of benzene rings is 5. The molecule has 48 heavy (non-hydrogen) atoms. The van der Waals surface area contributed by atoms with E-state index in [4.69, 9.17) is 4.98 Å². The molecule has 5 aromatic carbocycles. The number of rotatable bonds is 4. The van der Waals surface area contributed by atoms with Crippen molar-refractivity contribution in [2.45, 2.75) is 81.6 Å². The summed E-state index contributed by atoms with van der Waals surface area (Å²) in [5.74, 6) is 0. The predicted molar refractivity (Wildman–Crippen MR) is 209 cm³/mol. The third kappa shape index (κ3) is 5.04. The van der Waals surface area contributed by atoms with Gasteiger partial charge in [-0.3, -0.25) is 4.98 Å². The lowest BCUT2D eigenvalue weighted by atomic mass is 9.80. The highest BCUT2D eigenvalue weighted by Gasteiger charge is 2.29. The summed E-state index contributed by atoms with van der Waals surface area (Å²) in [7, 11) is 0. The lowest BCUT2D eigenvalue weighted by Crippen LogP contribution is -2.13. The highest BCUT2D eigenvalue weighted by molar-refractivity contribution is 6.32. The van der Waals surface area contributed by atoms with Gasteiger partial charge in [0, 0.05) is 27.7 Å². The van der Waals surface area contributed by atoms with E-state index in [1.807, 2.05) is 0 Å². The zero-order chi connectivity index (χ0) is 33.7. The van der Waals surface area contributed by atoms with Crippen molar-refractivity contribution in [3.63, 3.8) is 0 Å². The number of hydrogen-bond acceptors (Lipinski definition) is 1. The second-order valence-electron chi connectivity index (χ2n) is 17.9. The molecule has 2 heteroatoms. The average molecular weight is 629 g/mol. The van der Waals surface area contributed by atoms with Crippen LogP contribution in [0.1, 0.15) is 79.0 Å². The van der Waals surface area contributed by atoms with Crippen LogP contribution < -0.4 is 0 Å². The van der Waals surface area contributed by atoms with Gasteiger partial charge in [-0.15, -0.1) is 0 Å². The molecule has 0 N–H and O–H groups in total. The van der Waals surface area contributed by atoms with Crippen LogP contribution in [0.5, 0.6) is 0 Å². The molecule has 2 nitrogen and oxygen atoms in total. The third-order valence-electron chi connectivity index (χ3n) is 9.91. The zero-order valence-corrected chi connectivity index (χ0v) is 30.2. The minimum atomic E-state index is 0.0997. The van der Waals surface area contributed by atoms with Gasteiger partial charge in [0.2, 0.25) is 0 Å². The first kappa shape index (κ1) is 30.9. The van der Waals surface area contributed by atoms with E-state index in [1.54, 1.807) is 0 Å². The van der Waals surface area contributed by atoms with E-state index in [1.165, 1.54) is 82.1 Å². The third-order valence-corrected chi connectivity index (χ3v) is 9.91. The summed E-state index contributed by atoms with van der Waals surface area (Å²) >= 11 is 0. The molecular weight excluding hydrogens is 581 g/mol. The molecule has 0 saturated carbocycles. The molecule has 8 aromatic rings. The highest BCUT2D eigenvalue weighted by Crippen LogP contribution is 2.50. The Morgan fingerprint density at radius 3 is 1.92 bits per heavy atom. The zero-order valence-electron chi connectivity index (χ0n) is 30.2. The first-order valence-corrected chi connectivity index (χ1v) is 17.7. The molecular formula is C46H48N2. The van der Waals surface area contributed by atoms with Gasteiger partial charge >= 0.3 is 0 Å². The van der Waals surface area contributed by atoms with Crippen molar-refractivity contribution in [1.82, 2.24) is 9.38 Å². The Bertz CT molecular complexity index is 2510. The number of fused-ring (bicyclic) bond motifs is 7. The molecule has 0 bridgehead atoms. The smallest absolute Gasteiger partial charge is 0.0823 e. The van der Waals surface area contributed by atoms with E-state index in [0.717, 1.165) is 24.8 Å². The van der Waals surface area contributed by atoms with E-state index in [0.29, 0.717) is 0 Å². The van der Waals surface area contributed by atoms with Crippen LogP contribution in [0.15, 0.2) is 91.1 Å². The summed E-state index contributed by atoms with van der Waals surface area (Å²) in [4.78, 5) is 5.28. The molecule has 0 radical (unpaired) electrons. The average Bonchev–Trinajstić information content (AvgIpc) is 3.34. The standard InChI is InChI=1S/C46H48N2/c1-44(2,3)25-28-19-20-31-30(23-28)24-34-41-40-33(21-22-47-41)38(29-15-11-10-12-16-29)36(27-46(7,8)9)39-32-17-13-14-18-37(32)48(43(39)40)42(34)35(31)26-45(4,5)6/h10-24H,25-27H2,1-9H3. The van der Waals surface area contributed by atoms with Gasteiger partial charge in [0.05, 0.1) is 22.1 Å². The summed E-state index contributed by atoms with van der Waals surface area (Å²) in [5, 5.41) is 9.21. The van der Waals surface area contributed by atoms with Crippen LogP contribution in [0.2, 0.25) is 0 Å². The Hall–Kier alpha value is -4.43. The molecule has 0 saturated heterocycles. The molecule has 242 valence electrons. The highest BCUT2D eigenvalue weighted by atomic mass is 14.9. The SMILES string of the molecule is CC(C)(C)Cc1ccc2c(CC(C)(C)C)c3c(cc2c1)c1nccc2c(-c4ccccc4)c(CC(C)(C)C)c4c5ccccc5n3c4c21. The van der Waals surface area contributed by atoms with Gasteiger partial charge in [-0.05, 0) is 97.7 Å². The van der Waals surface area contributed by atoms with Crippen molar-refractivity contribution >= 4 is 59.8 Å². The normalized spacial score (nSPS) is 13.4. The Labute approximate surface area is 285 Å². The molecule has 0 aliphatic carbocycles. The van der Waals surface area contributed by atoms with Gasteiger partial charge in [0.1, 0.15) is 0 Å². The van der Waals surface area contributed by atoms with E-state index in [9.17, 15) is 0 Å². The monoisotopic (exact) mass is 628 g/mol. The summed E-state index contributed by atoms with van der Waals surface area (Å²) in [6.45, 7) is 21.2. The van der Waals surface area contributed by atoms with Gasteiger partial charge in [-0.1, -0.05) is 129 Å². The Kier molecular flexibility index (Phi) is 6.78. The predicted octanol–water partition coefficient (Wildman–Crippen LogP) is 13.0. The molecule has 0 amide bonds. The van der Waals surface area contributed by atoms with E-state index >= 15 is 0 Å². The molecule has 0 spiro atoms. The Balaban J connectivity index is 1.67. The fourth-order valence-corrected chi connectivity index (χ4v) is 8.45. The summed E-state index contributed by atoms with van der Waals surface area (Å²) in [6.07, 6.45) is 5.06. The number of nitrogens with zero attached hydrogens (tertiary/aromatic N) is 2. The Morgan fingerprint density at radius 2 is 1.21 bits per heavy atom. The molecule has 0 atom stereocenters. The second kappa shape index (κ2) is 10.5. The van der Waals surface area contributed by atoms with Crippen LogP contribution in [0.25, 0.3) is 70.9 Å². The van der Waals surface area contributed by atoms with Crippen molar-refractivity contribution in [2.75, 3.05) is 0 Å². The minimum absolute atomic E-state index is 0.0997. The van der Waals surface area contributed by atoms with Gasteiger partial charge in [0.15, 0.2) is 0 Å². The number of hydrogen-bond donors (Lipinski definition) is 0. The van der Waals surface area contributed by atoms with Crippen LogP contribution in [0.3, 0.4) is 0 Å². The lowest BCUT2D eigenvalue weighted by Gasteiger charge is -2.26. The van der Waals surface area contributed by atoms with Crippen LogP contribution in [-0.4, -0.2) is 9.38 Å². The topological polar surface area (TPSA) is 17.3 Å². The number of pyridine rings is 2. The fraction of sp³-hybridized carbons (Fsp3) is 0.326. The molecule has 0 aliphatic heterocycles. The van der Waals surface area contributed by atoms with Crippen molar-refractivity contribution < 1.29 is 0 Å². The largest absolute Gasteiger partial charge is 0.308 e. The van der Waals surface area contributed by atoms with E-state index in [-0.39, 0.29) is 16.2 Å². The fourth-order valence-electron chi connectivity index (χ4n) is 8.45. The molecule has 3 aromatic heterocycles.